The second kappa shape index (κ2) is 3.81. The molecular weight excluding hydrogens is 193 g/mol. The fourth-order valence-corrected chi connectivity index (χ4v) is 2.03. The zero-order chi connectivity index (χ0) is 11.0. The monoisotopic (exact) mass is 209 g/mol. The van der Waals surface area contributed by atoms with Gasteiger partial charge < -0.3 is 10.8 Å². The van der Waals surface area contributed by atoms with Crippen LogP contribution in [0.15, 0.2) is 12.1 Å². The Hall–Kier alpha value is -1.09. The second-order valence-corrected chi connectivity index (χ2v) is 4.36. The first-order chi connectivity index (χ1) is 7.09. The van der Waals surface area contributed by atoms with Gasteiger partial charge in [-0.15, -0.1) is 0 Å². The van der Waals surface area contributed by atoms with Crippen LogP contribution in [0, 0.1) is 18.7 Å². The SMILES string of the molecule is Cc1cc(F)cc(C(O)C2CCC2)c1N. The third kappa shape index (κ3) is 1.84. The summed E-state index contributed by atoms with van der Waals surface area (Å²) in [5, 5.41) is 10.0. The molecule has 0 aliphatic heterocycles. The Morgan fingerprint density at radius 2 is 2.13 bits per heavy atom. The van der Waals surface area contributed by atoms with Crippen LogP contribution in [0.4, 0.5) is 10.1 Å². The van der Waals surface area contributed by atoms with E-state index in [1.807, 2.05) is 0 Å². The van der Waals surface area contributed by atoms with Crippen LogP contribution in [-0.2, 0) is 0 Å². The summed E-state index contributed by atoms with van der Waals surface area (Å²) in [4.78, 5) is 0. The number of halogens is 1. The molecule has 1 aliphatic rings. The molecule has 1 aromatic rings. The largest absolute Gasteiger partial charge is 0.398 e. The van der Waals surface area contributed by atoms with Gasteiger partial charge in [0.25, 0.3) is 0 Å². The van der Waals surface area contributed by atoms with Crippen LogP contribution < -0.4 is 5.73 Å². The van der Waals surface area contributed by atoms with Gasteiger partial charge in [-0.25, -0.2) is 4.39 Å². The quantitative estimate of drug-likeness (QED) is 0.735. The fraction of sp³-hybridized carbons (Fsp3) is 0.500. The van der Waals surface area contributed by atoms with Gasteiger partial charge in [-0.05, 0) is 43.4 Å². The third-order valence-corrected chi connectivity index (χ3v) is 3.30. The molecule has 2 rings (SSSR count). The average molecular weight is 209 g/mol. The van der Waals surface area contributed by atoms with Gasteiger partial charge in [0.15, 0.2) is 0 Å². The van der Waals surface area contributed by atoms with E-state index >= 15 is 0 Å². The van der Waals surface area contributed by atoms with Crippen LogP contribution >= 0.6 is 0 Å². The summed E-state index contributed by atoms with van der Waals surface area (Å²) in [6, 6.07) is 2.75. The Morgan fingerprint density at radius 3 is 2.67 bits per heavy atom. The van der Waals surface area contributed by atoms with E-state index in [0.717, 1.165) is 19.3 Å². The van der Waals surface area contributed by atoms with E-state index in [1.165, 1.54) is 12.1 Å². The number of benzene rings is 1. The van der Waals surface area contributed by atoms with E-state index in [4.69, 9.17) is 5.73 Å². The molecule has 0 bridgehead atoms. The van der Waals surface area contributed by atoms with E-state index in [1.54, 1.807) is 6.92 Å². The Labute approximate surface area is 88.9 Å². The minimum absolute atomic E-state index is 0.258. The fourth-order valence-electron chi connectivity index (χ4n) is 2.03. The van der Waals surface area contributed by atoms with E-state index in [0.29, 0.717) is 16.8 Å². The molecule has 2 nitrogen and oxygen atoms in total. The summed E-state index contributed by atoms with van der Waals surface area (Å²) >= 11 is 0. The van der Waals surface area contributed by atoms with Crippen LogP contribution in [0.25, 0.3) is 0 Å². The highest BCUT2D eigenvalue weighted by molar-refractivity contribution is 5.54. The second-order valence-electron chi connectivity index (χ2n) is 4.36. The van der Waals surface area contributed by atoms with Gasteiger partial charge in [-0.2, -0.15) is 0 Å². The maximum atomic E-state index is 13.2. The highest BCUT2D eigenvalue weighted by atomic mass is 19.1. The first-order valence-electron chi connectivity index (χ1n) is 5.33. The van der Waals surface area contributed by atoms with Crippen molar-refractivity contribution < 1.29 is 9.50 Å². The number of aryl methyl sites for hydroxylation is 1. The van der Waals surface area contributed by atoms with Gasteiger partial charge in [0.2, 0.25) is 0 Å². The molecule has 15 heavy (non-hydrogen) atoms. The molecule has 0 radical (unpaired) electrons. The predicted octanol–water partition coefficient (Wildman–Crippen LogP) is 2.55. The number of hydrogen-bond donors (Lipinski definition) is 2. The summed E-state index contributed by atoms with van der Waals surface area (Å²) < 4.78 is 13.2. The maximum Gasteiger partial charge on any atom is 0.123 e. The van der Waals surface area contributed by atoms with Gasteiger partial charge in [0.1, 0.15) is 5.82 Å². The van der Waals surface area contributed by atoms with Gasteiger partial charge in [0, 0.05) is 11.3 Å². The van der Waals surface area contributed by atoms with Crippen molar-refractivity contribution >= 4 is 5.69 Å². The molecule has 0 amide bonds. The molecule has 82 valence electrons. The van der Waals surface area contributed by atoms with Gasteiger partial charge >= 0.3 is 0 Å². The predicted molar refractivity (Wildman–Crippen MR) is 57.9 cm³/mol. The molecule has 0 saturated heterocycles. The van der Waals surface area contributed by atoms with Crippen molar-refractivity contribution in [2.45, 2.75) is 32.3 Å². The molecule has 1 atom stereocenters. The lowest BCUT2D eigenvalue weighted by Crippen LogP contribution is -2.21. The number of rotatable bonds is 2. The molecule has 3 N–H and O–H groups in total. The number of aliphatic hydroxyl groups is 1. The Balaban J connectivity index is 2.33. The molecule has 1 fully saturated rings. The number of nitrogen functional groups attached to an aromatic ring is 1. The zero-order valence-electron chi connectivity index (χ0n) is 8.83. The highest BCUT2D eigenvalue weighted by Gasteiger charge is 2.28. The minimum Gasteiger partial charge on any atom is -0.398 e. The van der Waals surface area contributed by atoms with E-state index in [9.17, 15) is 9.50 Å². The minimum atomic E-state index is -0.604. The lowest BCUT2D eigenvalue weighted by molar-refractivity contribution is 0.0624. The molecule has 1 aliphatic carbocycles. The Kier molecular flexibility index (Phi) is 2.65. The lowest BCUT2D eigenvalue weighted by Gasteiger charge is -2.31. The molecule has 0 aromatic heterocycles. The lowest BCUT2D eigenvalue weighted by atomic mass is 9.78. The van der Waals surface area contributed by atoms with Crippen molar-refractivity contribution in [3.05, 3.63) is 29.1 Å². The molecular formula is C12H16FNO. The molecule has 0 heterocycles. The average Bonchev–Trinajstić information content (AvgIpc) is 2.08. The first kappa shape index (κ1) is 10.4. The van der Waals surface area contributed by atoms with Crippen molar-refractivity contribution in [3.8, 4) is 0 Å². The number of aliphatic hydroxyl groups excluding tert-OH is 1. The van der Waals surface area contributed by atoms with Gasteiger partial charge in [-0.1, -0.05) is 6.42 Å². The Bertz CT molecular complexity index is 374. The van der Waals surface area contributed by atoms with E-state index < -0.39 is 6.10 Å². The first-order valence-corrected chi connectivity index (χ1v) is 5.33. The molecule has 1 saturated carbocycles. The Morgan fingerprint density at radius 1 is 1.47 bits per heavy atom. The smallest absolute Gasteiger partial charge is 0.123 e. The van der Waals surface area contributed by atoms with E-state index in [2.05, 4.69) is 0 Å². The summed E-state index contributed by atoms with van der Waals surface area (Å²) in [5.74, 6) is -0.0661. The van der Waals surface area contributed by atoms with Crippen LogP contribution in [0.3, 0.4) is 0 Å². The van der Waals surface area contributed by atoms with Crippen LogP contribution in [-0.4, -0.2) is 5.11 Å². The van der Waals surface area contributed by atoms with Crippen molar-refractivity contribution in [2.75, 3.05) is 5.73 Å². The standard InChI is InChI=1S/C12H16FNO/c1-7-5-9(13)6-10(11(7)14)12(15)8-3-2-4-8/h5-6,8,12,15H,2-4,14H2,1H3. The van der Waals surface area contributed by atoms with E-state index in [-0.39, 0.29) is 11.7 Å². The highest BCUT2D eigenvalue weighted by Crippen LogP contribution is 2.40. The molecule has 1 aromatic carbocycles. The van der Waals surface area contributed by atoms with Crippen molar-refractivity contribution in [1.82, 2.24) is 0 Å². The van der Waals surface area contributed by atoms with Crippen LogP contribution in [0.5, 0.6) is 0 Å². The summed E-state index contributed by atoms with van der Waals surface area (Å²) in [6.07, 6.45) is 2.57. The maximum absolute atomic E-state index is 13.2. The molecule has 1 unspecified atom stereocenters. The normalized spacial score (nSPS) is 18.6. The third-order valence-electron chi connectivity index (χ3n) is 3.30. The van der Waals surface area contributed by atoms with Crippen molar-refractivity contribution in [1.29, 1.82) is 0 Å². The summed E-state index contributed by atoms with van der Waals surface area (Å²) in [6.45, 7) is 1.76. The summed E-state index contributed by atoms with van der Waals surface area (Å²) in [7, 11) is 0. The van der Waals surface area contributed by atoms with Gasteiger partial charge in [-0.3, -0.25) is 0 Å². The number of hydrogen-bond acceptors (Lipinski definition) is 2. The number of nitrogens with two attached hydrogens (primary N) is 1. The number of anilines is 1. The molecule has 0 spiro atoms. The topological polar surface area (TPSA) is 46.2 Å². The van der Waals surface area contributed by atoms with Crippen molar-refractivity contribution in [3.63, 3.8) is 0 Å². The summed E-state index contributed by atoms with van der Waals surface area (Å²) in [5.41, 5.74) is 7.62. The molecule has 3 heteroatoms. The van der Waals surface area contributed by atoms with Crippen LogP contribution in [0.1, 0.15) is 36.5 Å². The van der Waals surface area contributed by atoms with Gasteiger partial charge in [0.05, 0.1) is 6.10 Å². The van der Waals surface area contributed by atoms with Crippen molar-refractivity contribution in [2.24, 2.45) is 5.92 Å². The zero-order valence-corrected chi connectivity index (χ0v) is 8.83. The van der Waals surface area contributed by atoms with Crippen LogP contribution in [0.2, 0.25) is 0 Å².